The molecule has 0 aliphatic heterocycles. The van der Waals surface area contributed by atoms with Crippen molar-refractivity contribution >= 4 is 28.9 Å². The average molecular weight is 359 g/mol. The van der Waals surface area contributed by atoms with E-state index in [4.69, 9.17) is 0 Å². The lowest BCUT2D eigenvalue weighted by Crippen LogP contribution is -2.36. The number of rotatable bonds is 6. The number of hydrogen-bond acceptors (Lipinski definition) is 7. The van der Waals surface area contributed by atoms with E-state index in [0.29, 0.717) is 5.69 Å². The quantitative estimate of drug-likeness (QED) is 0.439. The Balaban J connectivity index is 2.52. The number of hydrogen-bond donors (Lipinski definition) is 0. The molecule has 0 unspecified atom stereocenters. The summed E-state index contributed by atoms with van der Waals surface area (Å²) in [5, 5.41) is 22.0. The van der Waals surface area contributed by atoms with Crippen molar-refractivity contribution in [2.75, 3.05) is 18.6 Å². The molecule has 2 aromatic rings. The molecular weight excluding hydrogens is 346 g/mol. The fourth-order valence-electron chi connectivity index (χ4n) is 2.17. The van der Waals surface area contributed by atoms with Crippen molar-refractivity contribution in [3.05, 3.63) is 74.3 Å². The van der Waals surface area contributed by atoms with Gasteiger partial charge in [0.2, 0.25) is 0 Å². The maximum Gasteiger partial charge on any atom is 0.325 e. The van der Waals surface area contributed by atoms with Gasteiger partial charge in [0.05, 0.1) is 28.6 Å². The average Bonchev–Trinajstić information content (AvgIpc) is 2.65. The number of amides is 1. The van der Waals surface area contributed by atoms with Gasteiger partial charge in [-0.05, 0) is 12.1 Å². The van der Waals surface area contributed by atoms with Crippen LogP contribution in [0.15, 0.2) is 48.5 Å². The molecule has 0 aliphatic carbocycles. The monoisotopic (exact) mass is 359 g/mol. The highest BCUT2D eigenvalue weighted by atomic mass is 16.6. The summed E-state index contributed by atoms with van der Waals surface area (Å²) in [6, 6.07) is 10.6. The van der Waals surface area contributed by atoms with E-state index in [0.717, 1.165) is 30.2 Å². The molecule has 0 heterocycles. The molecule has 2 rings (SSSR count). The highest BCUT2D eigenvalue weighted by Crippen LogP contribution is 2.25. The topological polar surface area (TPSA) is 133 Å². The van der Waals surface area contributed by atoms with Crippen LogP contribution >= 0.6 is 0 Å². The molecule has 0 aliphatic rings. The molecule has 10 heteroatoms. The van der Waals surface area contributed by atoms with E-state index < -0.39 is 39.6 Å². The van der Waals surface area contributed by atoms with Crippen LogP contribution in [0.2, 0.25) is 0 Å². The first-order valence-corrected chi connectivity index (χ1v) is 7.21. The molecule has 0 radical (unpaired) electrons. The molecule has 0 atom stereocenters. The number of esters is 1. The third-order valence-corrected chi connectivity index (χ3v) is 3.40. The van der Waals surface area contributed by atoms with Crippen LogP contribution in [0.3, 0.4) is 0 Å². The minimum absolute atomic E-state index is 0.293. The molecule has 0 aromatic heterocycles. The fourth-order valence-corrected chi connectivity index (χ4v) is 2.17. The molecule has 26 heavy (non-hydrogen) atoms. The van der Waals surface area contributed by atoms with E-state index in [2.05, 4.69) is 4.74 Å². The zero-order valence-electron chi connectivity index (χ0n) is 13.5. The van der Waals surface area contributed by atoms with Crippen molar-refractivity contribution in [1.82, 2.24) is 0 Å². The lowest BCUT2D eigenvalue weighted by molar-refractivity contribution is -0.394. The third kappa shape index (κ3) is 4.17. The van der Waals surface area contributed by atoms with E-state index in [1.54, 1.807) is 30.3 Å². The highest BCUT2D eigenvalue weighted by molar-refractivity contribution is 6.09. The summed E-state index contributed by atoms with van der Waals surface area (Å²) >= 11 is 0. The van der Waals surface area contributed by atoms with Crippen LogP contribution in [0.4, 0.5) is 17.1 Å². The number of para-hydroxylation sites is 1. The van der Waals surface area contributed by atoms with Crippen molar-refractivity contribution in [3.63, 3.8) is 0 Å². The Bertz CT molecular complexity index is 835. The molecule has 0 saturated heterocycles. The van der Waals surface area contributed by atoms with Crippen LogP contribution in [0.1, 0.15) is 10.4 Å². The Kier molecular flexibility index (Phi) is 5.58. The van der Waals surface area contributed by atoms with Gasteiger partial charge in [-0.3, -0.25) is 34.7 Å². The Hall–Kier alpha value is -3.82. The molecule has 1 amide bonds. The van der Waals surface area contributed by atoms with Gasteiger partial charge in [-0.25, -0.2) is 0 Å². The van der Waals surface area contributed by atoms with Gasteiger partial charge in [0.1, 0.15) is 6.54 Å². The van der Waals surface area contributed by atoms with E-state index >= 15 is 0 Å². The lowest BCUT2D eigenvalue weighted by Gasteiger charge is -2.21. The maximum atomic E-state index is 12.8. The summed E-state index contributed by atoms with van der Waals surface area (Å²) < 4.78 is 4.56. The van der Waals surface area contributed by atoms with Gasteiger partial charge >= 0.3 is 5.97 Å². The zero-order valence-corrected chi connectivity index (χ0v) is 13.5. The zero-order chi connectivity index (χ0) is 19.3. The molecule has 0 saturated carbocycles. The second kappa shape index (κ2) is 7.83. The van der Waals surface area contributed by atoms with Crippen LogP contribution in [0, 0.1) is 20.2 Å². The summed E-state index contributed by atoms with van der Waals surface area (Å²) in [5.41, 5.74) is -1.17. The van der Waals surface area contributed by atoms with Gasteiger partial charge in [0.25, 0.3) is 17.3 Å². The molecule has 10 nitrogen and oxygen atoms in total. The SMILES string of the molecule is COC(=O)CN(C(=O)c1cc([N+](=O)[O-])cc([N+](=O)[O-])c1)c1ccccc1. The number of benzene rings is 2. The normalized spacial score (nSPS) is 10.0. The highest BCUT2D eigenvalue weighted by Gasteiger charge is 2.25. The summed E-state index contributed by atoms with van der Waals surface area (Å²) in [6.45, 7) is -0.462. The predicted molar refractivity (Wildman–Crippen MR) is 89.9 cm³/mol. The first-order valence-electron chi connectivity index (χ1n) is 7.21. The van der Waals surface area contributed by atoms with Crippen molar-refractivity contribution in [2.24, 2.45) is 0 Å². The van der Waals surface area contributed by atoms with Crippen LogP contribution in [0.5, 0.6) is 0 Å². The molecule has 134 valence electrons. The number of nitrogens with zero attached hydrogens (tertiary/aromatic N) is 3. The molecule has 0 N–H and O–H groups in total. The summed E-state index contributed by atoms with van der Waals surface area (Å²) in [5.74, 6) is -1.53. The van der Waals surface area contributed by atoms with Crippen LogP contribution in [-0.2, 0) is 9.53 Å². The Morgan fingerprint density at radius 3 is 2.00 bits per heavy atom. The molecule has 2 aromatic carbocycles. The second-order valence-electron chi connectivity index (χ2n) is 5.06. The van der Waals surface area contributed by atoms with E-state index in [9.17, 15) is 29.8 Å². The second-order valence-corrected chi connectivity index (χ2v) is 5.06. The minimum Gasteiger partial charge on any atom is -0.468 e. The Morgan fingerprint density at radius 1 is 1.00 bits per heavy atom. The predicted octanol–water partition coefficient (Wildman–Crippen LogP) is 2.32. The Labute approximate surface area is 146 Å². The maximum absolute atomic E-state index is 12.8. The van der Waals surface area contributed by atoms with Crippen LogP contribution < -0.4 is 4.90 Å². The summed E-state index contributed by atoms with van der Waals surface area (Å²) in [7, 11) is 1.15. The smallest absolute Gasteiger partial charge is 0.325 e. The number of non-ortho nitro benzene ring substituents is 2. The van der Waals surface area contributed by atoms with E-state index in [1.165, 1.54) is 0 Å². The number of nitro benzene ring substituents is 2. The third-order valence-electron chi connectivity index (χ3n) is 3.40. The fraction of sp³-hybridized carbons (Fsp3) is 0.125. The van der Waals surface area contributed by atoms with Crippen LogP contribution in [0.25, 0.3) is 0 Å². The number of carbonyl (C=O) groups is 2. The first kappa shape index (κ1) is 18.5. The van der Waals surface area contributed by atoms with Crippen molar-refractivity contribution in [2.45, 2.75) is 0 Å². The van der Waals surface area contributed by atoms with Crippen molar-refractivity contribution in [3.8, 4) is 0 Å². The van der Waals surface area contributed by atoms with Crippen molar-refractivity contribution in [1.29, 1.82) is 0 Å². The van der Waals surface area contributed by atoms with Gasteiger partial charge in [-0.1, -0.05) is 18.2 Å². The first-order chi connectivity index (χ1) is 12.3. The number of methoxy groups -OCH3 is 1. The lowest BCUT2D eigenvalue weighted by atomic mass is 10.1. The molecule has 0 fully saturated rings. The van der Waals surface area contributed by atoms with Gasteiger partial charge in [0, 0.05) is 17.8 Å². The van der Waals surface area contributed by atoms with E-state index in [1.807, 2.05) is 0 Å². The minimum atomic E-state index is -0.836. The van der Waals surface area contributed by atoms with E-state index in [-0.39, 0.29) is 5.56 Å². The van der Waals surface area contributed by atoms with Crippen molar-refractivity contribution < 1.29 is 24.2 Å². The molecular formula is C16H13N3O7. The van der Waals surface area contributed by atoms with Crippen LogP contribution in [-0.4, -0.2) is 35.4 Å². The van der Waals surface area contributed by atoms with Gasteiger partial charge in [-0.15, -0.1) is 0 Å². The number of ether oxygens (including phenoxy) is 1. The van der Waals surface area contributed by atoms with Gasteiger partial charge in [-0.2, -0.15) is 0 Å². The number of nitro groups is 2. The molecule has 0 spiro atoms. The Morgan fingerprint density at radius 2 is 1.54 bits per heavy atom. The number of anilines is 1. The van der Waals surface area contributed by atoms with Gasteiger partial charge in [0.15, 0.2) is 0 Å². The van der Waals surface area contributed by atoms with Gasteiger partial charge < -0.3 is 4.74 Å². The standard InChI is InChI=1S/C16H13N3O7/c1-26-15(20)10-17(12-5-3-2-4-6-12)16(21)11-7-13(18(22)23)9-14(8-11)19(24)25/h2-9H,10H2,1H3. The number of carbonyl (C=O) groups excluding carboxylic acids is 2. The summed E-state index contributed by atoms with van der Waals surface area (Å²) in [6.07, 6.45) is 0. The largest absolute Gasteiger partial charge is 0.468 e. The molecule has 0 bridgehead atoms. The summed E-state index contributed by atoms with van der Waals surface area (Å²) in [4.78, 5) is 45.8.